The molecule has 0 aromatic carbocycles. The molecule has 0 aliphatic rings. The molecule has 4 heteroatoms. The molecule has 1 aromatic heterocycles. The molecule has 2 atom stereocenters. The molecular weight excluding hydrogens is 176 g/mol. The first-order valence-electron chi connectivity index (χ1n) is 3.57. The minimum atomic E-state index is -0.976. The Morgan fingerprint density at radius 1 is 1.67 bits per heavy atom. The molecule has 0 spiro atoms. The van der Waals surface area contributed by atoms with Gasteiger partial charge in [-0.05, 0) is 18.4 Å². The van der Waals surface area contributed by atoms with Crippen molar-refractivity contribution in [2.75, 3.05) is 0 Å². The van der Waals surface area contributed by atoms with Crippen molar-refractivity contribution >= 4 is 17.3 Å². The summed E-state index contributed by atoms with van der Waals surface area (Å²) in [7, 11) is 0. The van der Waals surface area contributed by atoms with Gasteiger partial charge in [-0.25, -0.2) is 0 Å². The van der Waals surface area contributed by atoms with Gasteiger partial charge in [0.05, 0.1) is 5.92 Å². The number of aliphatic hydroxyl groups excluding tert-OH is 1. The van der Waals surface area contributed by atoms with Gasteiger partial charge in [0, 0.05) is 4.88 Å². The maximum Gasteiger partial charge on any atom is 0.309 e. The summed E-state index contributed by atoms with van der Waals surface area (Å²) in [6, 6.07) is 3.52. The van der Waals surface area contributed by atoms with Crippen LogP contribution in [0.25, 0.3) is 0 Å². The molecule has 66 valence electrons. The van der Waals surface area contributed by atoms with Crippen LogP contribution in [-0.4, -0.2) is 16.2 Å². The topological polar surface area (TPSA) is 57.5 Å². The molecule has 2 N–H and O–H groups in total. The molecule has 0 amide bonds. The number of carboxylic acid groups (broad SMARTS) is 1. The standard InChI is InChI=1S/C8H10O3S/c1-5(8(10)11)7(9)6-3-2-4-12-6/h2-5,7,9H,1H3,(H,10,11). The third-order valence-electron chi connectivity index (χ3n) is 1.70. The molecule has 2 unspecified atom stereocenters. The Labute approximate surface area is 74.3 Å². The normalized spacial score (nSPS) is 15.5. The van der Waals surface area contributed by atoms with Crippen LogP contribution in [0.1, 0.15) is 17.9 Å². The van der Waals surface area contributed by atoms with Gasteiger partial charge < -0.3 is 10.2 Å². The van der Waals surface area contributed by atoms with Gasteiger partial charge >= 0.3 is 5.97 Å². The number of rotatable bonds is 3. The fourth-order valence-electron chi connectivity index (χ4n) is 0.841. The van der Waals surface area contributed by atoms with Gasteiger partial charge in [0.2, 0.25) is 0 Å². The van der Waals surface area contributed by atoms with E-state index < -0.39 is 18.0 Å². The van der Waals surface area contributed by atoms with Crippen molar-refractivity contribution in [3.05, 3.63) is 22.4 Å². The third kappa shape index (κ3) is 1.84. The molecular formula is C8H10O3S. The van der Waals surface area contributed by atoms with Crippen LogP contribution in [-0.2, 0) is 4.79 Å². The first-order chi connectivity index (χ1) is 5.63. The van der Waals surface area contributed by atoms with E-state index >= 15 is 0 Å². The van der Waals surface area contributed by atoms with E-state index in [0.717, 1.165) is 0 Å². The zero-order chi connectivity index (χ0) is 9.14. The summed E-state index contributed by atoms with van der Waals surface area (Å²) in [5, 5.41) is 19.9. The molecule has 1 aromatic rings. The van der Waals surface area contributed by atoms with Crippen molar-refractivity contribution in [3.63, 3.8) is 0 Å². The van der Waals surface area contributed by atoms with E-state index in [0.29, 0.717) is 4.88 Å². The Kier molecular flexibility index (Phi) is 2.83. The number of aliphatic carboxylic acids is 1. The summed E-state index contributed by atoms with van der Waals surface area (Å²) in [6.45, 7) is 1.49. The largest absolute Gasteiger partial charge is 0.481 e. The smallest absolute Gasteiger partial charge is 0.309 e. The highest BCUT2D eigenvalue weighted by molar-refractivity contribution is 7.10. The summed E-state index contributed by atoms with van der Waals surface area (Å²) >= 11 is 1.36. The zero-order valence-corrected chi connectivity index (χ0v) is 7.41. The number of thiophene rings is 1. The van der Waals surface area contributed by atoms with E-state index in [4.69, 9.17) is 5.11 Å². The lowest BCUT2D eigenvalue weighted by molar-refractivity contribution is -0.144. The van der Waals surface area contributed by atoms with Crippen LogP contribution in [0.4, 0.5) is 0 Å². The van der Waals surface area contributed by atoms with E-state index in [1.165, 1.54) is 18.3 Å². The summed E-state index contributed by atoms with van der Waals surface area (Å²) in [5.41, 5.74) is 0. The Hall–Kier alpha value is -0.870. The number of aliphatic hydroxyl groups is 1. The van der Waals surface area contributed by atoms with Gasteiger partial charge in [0.25, 0.3) is 0 Å². The zero-order valence-electron chi connectivity index (χ0n) is 6.60. The second kappa shape index (κ2) is 3.69. The van der Waals surface area contributed by atoms with Gasteiger partial charge in [0.1, 0.15) is 6.10 Å². The maximum absolute atomic E-state index is 10.5. The van der Waals surface area contributed by atoms with Gasteiger partial charge in [0.15, 0.2) is 0 Å². The minimum Gasteiger partial charge on any atom is -0.481 e. The lowest BCUT2D eigenvalue weighted by Crippen LogP contribution is -2.17. The summed E-state index contributed by atoms with van der Waals surface area (Å²) < 4.78 is 0. The van der Waals surface area contributed by atoms with Gasteiger partial charge in [-0.1, -0.05) is 6.07 Å². The van der Waals surface area contributed by atoms with Crippen molar-refractivity contribution < 1.29 is 15.0 Å². The number of hydrogen-bond donors (Lipinski definition) is 2. The van der Waals surface area contributed by atoms with Gasteiger partial charge in [-0.15, -0.1) is 11.3 Å². The Bertz CT molecular complexity index is 255. The molecule has 1 rings (SSSR count). The molecule has 0 bridgehead atoms. The molecule has 0 saturated carbocycles. The number of hydrogen-bond acceptors (Lipinski definition) is 3. The molecule has 1 heterocycles. The van der Waals surface area contributed by atoms with E-state index in [2.05, 4.69) is 0 Å². The molecule has 12 heavy (non-hydrogen) atoms. The predicted molar refractivity (Wildman–Crippen MR) is 46.1 cm³/mol. The first-order valence-corrected chi connectivity index (χ1v) is 4.45. The maximum atomic E-state index is 10.5. The monoisotopic (exact) mass is 186 g/mol. The van der Waals surface area contributed by atoms with E-state index in [1.807, 2.05) is 5.38 Å². The summed E-state index contributed by atoms with van der Waals surface area (Å²) in [5.74, 6) is -1.72. The highest BCUT2D eigenvalue weighted by Gasteiger charge is 2.23. The lowest BCUT2D eigenvalue weighted by atomic mass is 10.0. The highest BCUT2D eigenvalue weighted by Crippen LogP contribution is 2.25. The van der Waals surface area contributed by atoms with Crippen LogP contribution in [0.15, 0.2) is 17.5 Å². The van der Waals surface area contributed by atoms with Crippen LogP contribution < -0.4 is 0 Å². The summed E-state index contributed by atoms with van der Waals surface area (Å²) in [4.78, 5) is 11.2. The average molecular weight is 186 g/mol. The van der Waals surface area contributed by atoms with Crippen molar-refractivity contribution in [2.24, 2.45) is 5.92 Å². The van der Waals surface area contributed by atoms with E-state index in [9.17, 15) is 9.90 Å². The molecule has 0 saturated heterocycles. The quantitative estimate of drug-likeness (QED) is 0.752. The van der Waals surface area contributed by atoms with E-state index in [-0.39, 0.29) is 0 Å². The van der Waals surface area contributed by atoms with Crippen molar-refractivity contribution in [1.82, 2.24) is 0 Å². The fraction of sp³-hybridized carbons (Fsp3) is 0.375. The third-order valence-corrected chi connectivity index (χ3v) is 2.64. The SMILES string of the molecule is CC(C(=O)O)C(O)c1cccs1. The Morgan fingerprint density at radius 3 is 2.75 bits per heavy atom. The number of carboxylic acids is 1. The average Bonchev–Trinajstić information content (AvgIpc) is 2.53. The van der Waals surface area contributed by atoms with Crippen molar-refractivity contribution in [3.8, 4) is 0 Å². The van der Waals surface area contributed by atoms with Crippen LogP contribution in [0.5, 0.6) is 0 Å². The second-order valence-corrected chi connectivity index (χ2v) is 3.57. The van der Waals surface area contributed by atoms with Gasteiger partial charge in [-0.3, -0.25) is 4.79 Å². The van der Waals surface area contributed by atoms with Crippen molar-refractivity contribution in [1.29, 1.82) is 0 Å². The van der Waals surface area contributed by atoms with Crippen molar-refractivity contribution in [2.45, 2.75) is 13.0 Å². The molecule has 0 fully saturated rings. The highest BCUT2D eigenvalue weighted by atomic mass is 32.1. The second-order valence-electron chi connectivity index (χ2n) is 2.59. The first kappa shape index (κ1) is 9.22. The molecule has 0 aliphatic carbocycles. The van der Waals surface area contributed by atoms with Crippen LogP contribution >= 0.6 is 11.3 Å². The van der Waals surface area contributed by atoms with E-state index in [1.54, 1.807) is 12.1 Å². The molecule has 3 nitrogen and oxygen atoms in total. The molecule has 0 aliphatic heterocycles. The van der Waals surface area contributed by atoms with Crippen LogP contribution in [0.3, 0.4) is 0 Å². The molecule has 0 radical (unpaired) electrons. The number of carbonyl (C=O) groups is 1. The fourth-order valence-corrected chi connectivity index (χ4v) is 1.66. The van der Waals surface area contributed by atoms with Gasteiger partial charge in [-0.2, -0.15) is 0 Å². The Balaban J connectivity index is 2.71. The lowest BCUT2D eigenvalue weighted by Gasteiger charge is -2.12. The van der Waals surface area contributed by atoms with Crippen LogP contribution in [0.2, 0.25) is 0 Å². The Morgan fingerprint density at radius 2 is 2.33 bits per heavy atom. The predicted octanol–water partition coefficient (Wildman–Crippen LogP) is 1.50. The summed E-state index contributed by atoms with van der Waals surface area (Å²) in [6.07, 6.45) is -0.887. The van der Waals surface area contributed by atoms with Crippen LogP contribution in [0, 0.1) is 5.92 Å². The minimum absolute atomic E-state index is 0.699.